The third-order valence-corrected chi connectivity index (χ3v) is 9.15. The van der Waals surface area contributed by atoms with Gasteiger partial charge >= 0.3 is 17.9 Å². The molecule has 0 fully saturated rings. The molecule has 0 N–H and O–H groups in total. The Morgan fingerprint density at radius 2 is 0.810 bits per heavy atom. The minimum absolute atomic E-state index is 0.119. The monoisotopic (exact) mass is 803 g/mol. The summed E-state index contributed by atoms with van der Waals surface area (Å²) in [7, 11) is 0. The Morgan fingerprint density at radius 1 is 0.397 bits per heavy atom. The number of ether oxygens (including phenoxy) is 3. The van der Waals surface area contributed by atoms with E-state index in [1.807, 2.05) is 42.5 Å². The quantitative estimate of drug-likeness (QED) is 0.0202. The van der Waals surface area contributed by atoms with Gasteiger partial charge in [-0.05, 0) is 77.0 Å². The van der Waals surface area contributed by atoms with Gasteiger partial charge in [0.1, 0.15) is 13.2 Å². The molecule has 1 atom stereocenters. The van der Waals surface area contributed by atoms with Crippen LogP contribution in [0.15, 0.2) is 109 Å². The normalized spacial score (nSPS) is 13.1. The molecule has 6 heteroatoms. The molecular formula is C52H82O6. The summed E-state index contributed by atoms with van der Waals surface area (Å²) in [6.45, 7) is 6.19. The first kappa shape index (κ1) is 54.1. The van der Waals surface area contributed by atoms with E-state index in [1.54, 1.807) is 6.08 Å². The zero-order valence-electron chi connectivity index (χ0n) is 37.0. The largest absolute Gasteiger partial charge is 0.462 e. The van der Waals surface area contributed by atoms with Crippen LogP contribution in [0.3, 0.4) is 0 Å². The van der Waals surface area contributed by atoms with Crippen molar-refractivity contribution >= 4 is 17.9 Å². The molecule has 0 aliphatic heterocycles. The molecule has 0 aromatic carbocycles. The fourth-order valence-corrected chi connectivity index (χ4v) is 5.74. The number of carbonyl (C=O) groups excluding carboxylic acids is 3. The number of esters is 3. The fraction of sp³-hybridized carbons (Fsp3) is 0.596. The first-order valence-corrected chi connectivity index (χ1v) is 23.0. The summed E-state index contributed by atoms with van der Waals surface area (Å²) < 4.78 is 16.5. The third-order valence-electron chi connectivity index (χ3n) is 9.15. The summed E-state index contributed by atoms with van der Waals surface area (Å²) >= 11 is 0. The van der Waals surface area contributed by atoms with E-state index in [9.17, 15) is 14.4 Å². The predicted molar refractivity (Wildman–Crippen MR) is 247 cm³/mol. The van der Waals surface area contributed by atoms with Gasteiger partial charge in [-0.25, -0.2) is 0 Å². The van der Waals surface area contributed by atoms with E-state index in [4.69, 9.17) is 14.2 Å². The van der Waals surface area contributed by atoms with E-state index >= 15 is 0 Å². The van der Waals surface area contributed by atoms with Crippen LogP contribution in [0.5, 0.6) is 0 Å². The maximum absolute atomic E-state index is 12.7. The molecule has 0 aromatic heterocycles. The topological polar surface area (TPSA) is 78.9 Å². The van der Waals surface area contributed by atoms with Gasteiger partial charge in [-0.15, -0.1) is 0 Å². The van der Waals surface area contributed by atoms with Crippen LogP contribution in [-0.2, 0) is 28.6 Å². The van der Waals surface area contributed by atoms with Crippen LogP contribution in [0.1, 0.15) is 181 Å². The summed E-state index contributed by atoms with van der Waals surface area (Å²) in [5, 5.41) is 0. The molecule has 1 unspecified atom stereocenters. The van der Waals surface area contributed by atoms with Crippen LogP contribution in [0.2, 0.25) is 0 Å². The van der Waals surface area contributed by atoms with Gasteiger partial charge in [-0.3, -0.25) is 14.4 Å². The lowest BCUT2D eigenvalue weighted by Crippen LogP contribution is -2.30. The molecule has 0 amide bonds. The number of carbonyl (C=O) groups is 3. The van der Waals surface area contributed by atoms with Gasteiger partial charge in [0.15, 0.2) is 6.10 Å². The molecule has 0 saturated heterocycles. The smallest absolute Gasteiger partial charge is 0.309 e. The van der Waals surface area contributed by atoms with E-state index in [0.29, 0.717) is 12.8 Å². The van der Waals surface area contributed by atoms with Gasteiger partial charge in [-0.1, -0.05) is 194 Å². The first-order valence-electron chi connectivity index (χ1n) is 23.0. The zero-order valence-corrected chi connectivity index (χ0v) is 37.0. The third kappa shape index (κ3) is 43.2. The van der Waals surface area contributed by atoms with Crippen molar-refractivity contribution in [1.82, 2.24) is 0 Å². The van der Waals surface area contributed by atoms with Crippen LogP contribution < -0.4 is 0 Å². The Labute approximate surface area is 355 Å². The van der Waals surface area contributed by atoms with Crippen LogP contribution >= 0.6 is 0 Å². The second-order valence-electron chi connectivity index (χ2n) is 14.7. The molecule has 0 bridgehead atoms. The minimum Gasteiger partial charge on any atom is -0.462 e. The van der Waals surface area contributed by atoms with Gasteiger partial charge in [-0.2, -0.15) is 0 Å². The van der Waals surface area contributed by atoms with Gasteiger partial charge in [0, 0.05) is 12.8 Å². The molecule has 326 valence electrons. The summed E-state index contributed by atoms with van der Waals surface area (Å²) in [5.41, 5.74) is 0. The van der Waals surface area contributed by atoms with Crippen molar-refractivity contribution in [3.8, 4) is 0 Å². The highest BCUT2D eigenvalue weighted by Gasteiger charge is 2.19. The fourth-order valence-electron chi connectivity index (χ4n) is 5.74. The molecular weight excluding hydrogens is 721 g/mol. The minimum atomic E-state index is -0.840. The van der Waals surface area contributed by atoms with Gasteiger partial charge in [0.2, 0.25) is 0 Å². The van der Waals surface area contributed by atoms with Crippen molar-refractivity contribution in [2.45, 2.75) is 187 Å². The van der Waals surface area contributed by atoms with E-state index in [-0.39, 0.29) is 38.0 Å². The first-order chi connectivity index (χ1) is 28.5. The van der Waals surface area contributed by atoms with Crippen molar-refractivity contribution in [2.75, 3.05) is 13.2 Å². The van der Waals surface area contributed by atoms with Gasteiger partial charge < -0.3 is 14.2 Å². The Morgan fingerprint density at radius 3 is 1.38 bits per heavy atom. The molecule has 0 spiro atoms. The number of hydrogen-bond acceptors (Lipinski definition) is 6. The molecule has 0 aliphatic carbocycles. The van der Waals surface area contributed by atoms with Gasteiger partial charge in [0.25, 0.3) is 0 Å². The lowest BCUT2D eigenvalue weighted by atomic mass is 10.1. The molecule has 0 aromatic rings. The number of hydrogen-bond donors (Lipinski definition) is 0. The average molecular weight is 803 g/mol. The summed E-state index contributed by atoms with van der Waals surface area (Å²) in [6, 6.07) is 0. The van der Waals surface area contributed by atoms with Crippen LogP contribution in [0, 0.1) is 0 Å². The van der Waals surface area contributed by atoms with Gasteiger partial charge in [0.05, 0.1) is 6.42 Å². The van der Waals surface area contributed by atoms with E-state index in [2.05, 4.69) is 81.5 Å². The number of unbranched alkanes of at least 4 members (excludes halogenated alkanes) is 15. The van der Waals surface area contributed by atoms with Crippen LogP contribution in [0.25, 0.3) is 0 Å². The summed E-state index contributed by atoms with van der Waals surface area (Å²) in [5.74, 6) is -1.13. The van der Waals surface area contributed by atoms with Crippen molar-refractivity contribution in [3.63, 3.8) is 0 Å². The number of rotatable bonds is 39. The van der Waals surface area contributed by atoms with Crippen molar-refractivity contribution < 1.29 is 28.6 Å². The summed E-state index contributed by atoms with van der Waals surface area (Å²) in [6.07, 6.45) is 61.1. The molecule has 58 heavy (non-hydrogen) atoms. The highest BCUT2D eigenvalue weighted by molar-refractivity contribution is 5.72. The Kier molecular flexibility index (Phi) is 42.7. The standard InChI is InChI=1S/C52H82O6/c1-4-7-10-13-16-19-21-23-24-25-26-27-29-30-33-36-39-42-45-51(54)57-48-49(47-56-50(53)44-41-38-35-32-18-15-12-9-6-3)58-52(55)46-43-40-37-34-31-28-22-20-17-14-11-8-5-2/h8-9,11-12,14,17-18,20,22,24-28,31-32,38,41,49H,4-7,10,13,15-16,19,21,23,29-30,33-37,39-40,42-48H2,1-3H3/b11-8-,12-9-,17-14-,22-20-,25-24-,27-26-,31-28-,32-18-,41-38-. The van der Waals surface area contributed by atoms with E-state index < -0.39 is 12.1 Å². The zero-order chi connectivity index (χ0) is 42.3. The molecule has 0 saturated carbocycles. The second kappa shape index (κ2) is 45.8. The van der Waals surface area contributed by atoms with Crippen LogP contribution in [-0.4, -0.2) is 37.2 Å². The van der Waals surface area contributed by atoms with Crippen LogP contribution in [0.4, 0.5) is 0 Å². The van der Waals surface area contributed by atoms with E-state index in [0.717, 1.165) is 83.5 Å². The second-order valence-corrected chi connectivity index (χ2v) is 14.7. The lowest BCUT2D eigenvalue weighted by Gasteiger charge is -2.18. The molecule has 6 nitrogen and oxygen atoms in total. The predicted octanol–water partition coefficient (Wildman–Crippen LogP) is 14.8. The van der Waals surface area contributed by atoms with Crippen molar-refractivity contribution in [2.24, 2.45) is 0 Å². The lowest BCUT2D eigenvalue weighted by molar-refractivity contribution is -0.166. The average Bonchev–Trinajstić information content (AvgIpc) is 3.22. The SMILES string of the molecule is CC\C=C/C=C\C=C/C=C\CCCCCC(=O)OC(COC(=O)C/C=C\C/C=C\C/C=C\CC)COC(=O)CCCCCCC/C=C\C=C/CCCCCCCCC. The van der Waals surface area contributed by atoms with E-state index in [1.165, 1.54) is 51.4 Å². The molecule has 0 radical (unpaired) electrons. The maximum Gasteiger partial charge on any atom is 0.309 e. The van der Waals surface area contributed by atoms with Crippen molar-refractivity contribution in [1.29, 1.82) is 0 Å². The Bertz CT molecular complexity index is 1240. The number of allylic oxidation sites excluding steroid dienone is 17. The van der Waals surface area contributed by atoms with Crippen molar-refractivity contribution in [3.05, 3.63) is 109 Å². The molecule has 0 heterocycles. The molecule has 0 rings (SSSR count). The summed E-state index contributed by atoms with van der Waals surface area (Å²) in [4.78, 5) is 37.6. The maximum atomic E-state index is 12.7. The Hall–Kier alpha value is -3.93. The highest BCUT2D eigenvalue weighted by atomic mass is 16.6. The molecule has 0 aliphatic rings. The Balaban J connectivity index is 4.49. The highest BCUT2D eigenvalue weighted by Crippen LogP contribution is 2.12.